The average molecular weight is 1500 g/mol. The Labute approximate surface area is 665 Å². The number of unbranched alkanes of at least 4 members (excludes halogenated alkanes) is 11. The Morgan fingerprint density at radius 3 is 0.713 bits per heavy atom. The molecule has 5 fully saturated rings. The van der Waals surface area contributed by atoms with E-state index in [0.717, 1.165) is 154 Å². The number of aromatic nitrogens is 3. The summed E-state index contributed by atoms with van der Waals surface area (Å²) in [6, 6.07) is 18.0. The molecule has 0 aliphatic carbocycles. The molecule has 0 atom stereocenters. The van der Waals surface area contributed by atoms with Crippen molar-refractivity contribution in [1.82, 2.24) is 41.5 Å². The fourth-order valence-electron chi connectivity index (χ4n) is 22.0. The molecule has 15 nitrogen and oxygen atoms in total. The first kappa shape index (κ1) is 89.4. The Morgan fingerprint density at radius 1 is 0.269 bits per heavy atom. The molecule has 0 unspecified atom stereocenters. The molecule has 5 N–H and O–H groups in total. The van der Waals surface area contributed by atoms with E-state index >= 15 is 0 Å². The number of anilines is 7. The predicted octanol–water partition coefficient (Wildman–Crippen LogP) is 20.9. The summed E-state index contributed by atoms with van der Waals surface area (Å²) >= 11 is 0. The van der Waals surface area contributed by atoms with Gasteiger partial charge in [0, 0.05) is 179 Å². The van der Waals surface area contributed by atoms with E-state index in [-0.39, 0.29) is 55.4 Å². The number of nitrogens with zero attached hydrogens (tertiary/aromatic N) is 10. The van der Waals surface area contributed by atoms with Crippen molar-refractivity contribution in [2.24, 2.45) is 0 Å². The highest BCUT2D eigenvalue weighted by Crippen LogP contribution is 2.45. The highest BCUT2D eigenvalue weighted by molar-refractivity contribution is 5.72. The molecule has 6 heterocycles. The zero-order valence-electron chi connectivity index (χ0n) is 75.1. The molecule has 616 valence electrons. The third-order valence-electron chi connectivity index (χ3n) is 24.8. The van der Waals surface area contributed by atoms with Gasteiger partial charge in [-0.2, -0.15) is 4.98 Å². The zero-order chi connectivity index (χ0) is 79.3. The molecule has 108 heavy (non-hydrogen) atoms. The van der Waals surface area contributed by atoms with Crippen LogP contribution in [0.25, 0.3) is 0 Å². The van der Waals surface area contributed by atoms with Crippen LogP contribution in [0.5, 0.6) is 0 Å². The fourth-order valence-corrected chi connectivity index (χ4v) is 22.0. The van der Waals surface area contributed by atoms with Gasteiger partial charge in [-0.05, 0) is 304 Å². The summed E-state index contributed by atoms with van der Waals surface area (Å²) in [5.41, 5.74) is 8.62. The standard InChI is InChI=1S/C93H169N15/c1-27-32-45-102(46-33-28-2)72-54-73(103(47-34-29-3)48-35-30-4)56-74(55-72)105(79-62-86(11,12)98-87(13,14)63-79)50-41-37-38-42-51-106(80-64-88(15,16)99-89(17,18)65-80)76-57-75(104(49-36-31-5)78-60-84(7,8)97-85(9,10)61-78)58-77(59-76)107(81-66-90(19,20)100-91(21,22)67-81)52-43-39-40-44-53-108(83-95-70-94-71(6)96-83)82-68-92(23,24)101-93(25,26)69-82/h54-59,70,78-82,97-101H,27-53,60-69H2,1-26H3. The number of nitrogens with one attached hydrogen (secondary N) is 5. The van der Waals surface area contributed by atoms with Gasteiger partial charge >= 0.3 is 0 Å². The molecule has 0 radical (unpaired) electrons. The van der Waals surface area contributed by atoms with Crippen molar-refractivity contribution in [2.75, 3.05) is 93.2 Å². The van der Waals surface area contributed by atoms with E-state index in [1.807, 2.05) is 6.92 Å². The van der Waals surface area contributed by atoms with Crippen LogP contribution in [0.1, 0.15) is 359 Å². The van der Waals surface area contributed by atoms with Gasteiger partial charge in [-0.15, -0.1) is 0 Å². The van der Waals surface area contributed by atoms with Crippen molar-refractivity contribution >= 4 is 40.1 Å². The molecule has 0 bridgehead atoms. The van der Waals surface area contributed by atoms with E-state index < -0.39 is 0 Å². The lowest BCUT2D eigenvalue weighted by molar-refractivity contribution is 0.156. The normalized spacial score (nSPS) is 21.7. The Bertz CT molecular complexity index is 3060. The fraction of sp³-hybridized carbons (Fsp3) is 0.839. The molecule has 15 heteroatoms. The van der Waals surface area contributed by atoms with Crippen molar-refractivity contribution in [1.29, 1.82) is 0 Å². The summed E-state index contributed by atoms with van der Waals surface area (Å²) in [7, 11) is 0. The van der Waals surface area contributed by atoms with Crippen LogP contribution < -0.4 is 60.9 Å². The van der Waals surface area contributed by atoms with Crippen LogP contribution in [0, 0.1) is 6.92 Å². The first-order valence-corrected chi connectivity index (χ1v) is 44.7. The third kappa shape index (κ3) is 27.0. The van der Waals surface area contributed by atoms with Crippen LogP contribution >= 0.6 is 0 Å². The van der Waals surface area contributed by atoms with Gasteiger partial charge in [-0.1, -0.05) is 92.4 Å². The SMILES string of the molecule is CCCCN(CCCC)c1cc(N(CCCC)CCCC)cc(N(CCCCCCN(c2cc(N(CCCC)C3CC(C)(C)NC(C)(C)C3)cc(N(CCCCCCN(c3ncnc(C)n3)C3CC(C)(C)NC(C)(C)C3)C3CC(C)(C)NC(C)(C)C3)c2)C2CC(C)(C)NC(C)(C)C2)C2CC(C)(C)NC(C)(C)C2)c1. The van der Waals surface area contributed by atoms with Crippen molar-refractivity contribution < 1.29 is 0 Å². The molecule has 2 aromatic carbocycles. The molecule has 1 aromatic heterocycles. The predicted molar refractivity (Wildman–Crippen MR) is 472 cm³/mol. The monoisotopic (exact) mass is 1500 g/mol. The minimum Gasteiger partial charge on any atom is -0.371 e. The van der Waals surface area contributed by atoms with Crippen molar-refractivity contribution in [3.8, 4) is 0 Å². The molecule has 5 aliphatic heterocycles. The second-order valence-corrected chi connectivity index (χ2v) is 42.1. The highest BCUT2D eigenvalue weighted by Gasteiger charge is 2.46. The number of hydrogen-bond donors (Lipinski definition) is 5. The molecule has 0 amide bonds. The molecule has 0 spiro atoms. The number of hydrogen-bond acceptors (Lipinski definition) is 15. The van der Waals surface area contributed by atoms with Gasteiger partial charge in [-0.3, -0.25) is 0 Å². The summed E-state index contributed by atoms with van der Waals surface area (Å²) < 4.78 is 0. The van der Waals surface area contributed by atoms with Gasteiger partial charge in [0.15, 0.2) is 0 Å². The highest BCUT2D eigenvalue weighted by atomic mass is 15.3. The van der Waals surface area contributed by atoms with Crippen LogP contribution in [0.15, 0.2) is 42.7 Å². The van der Waals surface area contributed by atoms with Crippen LogP contribution in [-0.4, -0.2) is 159 Å². The van der Waals surface area contributed by atoms with E-state index in [2.05, 4.69) is 275 Å². The van der Waals surface area contributed by atoms with E-state index in [1.54, 1.807) is 6.33 Å². The smallest absolute Gasteiger partial charge is 0.228 e. The maximum Gasteiger partial charge on any atom is 0.228 e. The molecular formula is C93H169N15. The van der Waals surface area contributed by atoms with Gasteiger partial charge < -0.3 is 60.9 Å². The van der Waals surface area contributed by atoms with Crippen LogP contribution in [0.4, 0.5) is 40.1 Å². The molecular weight excluding hydrogens is 1330 g/mol. The Kier molecular flexibility index (Phi) is 31.3. The maximum atomic E-state index is 4.99. The molecule has 5 saturated heterocycles. The number of rotatable bonds is 41. The van der Waals surface area contributed by atoms with Gasteiger partial charge in [0.1, 0.15) is 12.2 Å². The lowest BCUT2D eigenvalue weighted by atomic mass is 9.78. The summed E-state index contributed by atoms with van der Waals surface area (Å²) in [6.07, 6.45) is 34.1. The Morgan fingerprint density at radius 2 is 0.472 bits per heavy atom. The third-order valence-corrected chi connectivity index (χ3v) is 24.8. The largest absolute Gasteiger partial charge is 0.371 e. The topological polar surface area (TPSA) is 122 Å². The van der Waals surface area contributed by atoms with Crippen LogP contribution in [0.3, 0.4) is 0 Å². The van der Waals surface area contributed by atoms with E-state index in [0.29, 0.717) is 30.2 Å². The lowest BCUT2D eigenvalue weighted by Gasteiger charge is -2.52. The van der Waals surface area contributed by atoms with Crippen molar-refractivity contribution in [3.05, 3.63) is 48.5 Å². The minimum atomic E-state index is -0.0185. The number of piperidine rings is 5. The summed E-state index contributed by atoms with van der Waals surface area (Å²) in [6.45, 7) is 72.4. The van der Waals surface area contributed by atoms with Gasteiger partial charge in [-0.25, -0.2) is 9.97 Å². The maximum absolute atomic E-state index is 4.99. The van der Waals surface area contributed by atoms with Crippen molar-refractivity contribution in [3.63, 3.8) is 0 Å². The number of benzene rings is 2. The first-order valence-electron chi connectivity index (χ1n) is 44.7. The van der Waals surface area contributed by atoms with Gasteiger partial charge in [0.25, 0.3) is 0 Å². The Balaban J connectivity index is 1.17. The minimum absolute atomic E-state index is 0.00814. The van der Waals surface area contributed by atoms with E-state index in [1.165, 1.54) is 130 Å². The zero-order valence-corrected chi connectivity index (χ0v) is 75.1. The first-order chi connectivity index (χ1) is 50.5. The quantitative estimate of drug-likeness (QED) is 0.0346. The van der Waals surface area contributed by atoms with E-state index in [4.69, 9.17) is 9.97 Å². The number of aryl methyl sites for hydroxylation is 1. The average Bonchev–Trinajstić information content (AvgIpc) is 0.766. The van der Waals surface area contributed by atoms with E-state index in [9.17, 15) is 0 Å². The molecule has 3 aromatic rings. The van der Waals surface area contributed by atoms with Gasteiger partial charge in [0.2, 0.25) is 5.95 Å². The molecule has 8 rings (SSSR count). The summed E-state index contributed by atoms with van der Waals surface area (Å²) in [5.74, 6) is 1.62. The van der Waals surface area contributed by atoms with Gasteiger partial charge in [0.05, 0.1) is 0 Å². The van der Waals surface area contributed by atoms with Crippen LogP contribution in [0.2, 0.25) is 0 Å². The second-order valence-electron chi connectivity index (χ2n) is 42.1. The second kappa shape index (κ2) is 37.9. The Hall–Kier alpha value is -4.15. The van der Waals surface area contributed by atoms with Crippen molar-refractivity contribution in [2.45, 2.75) is 445 Å². The summed E-state index contributed by atoms with van der Waals surface area (Å²) in [5, 5.41) is 20.5. The summed E-state index contributed by atoms with van der Waals surface area (Å²) in [4.78, 5) is 34.2. The van der Waals surface area contributed by atoms with Crippen LogP contribution in [-0.2, 0) is 0 Å². The lowest BCUT2D eigenvalue weighted by Crippen LogP contribution is -2.63. The molecule has 0 saturated carbocycles. The molecule has 5 aliphatic rings.